The van der Waals surface area contributed by atoms with E-state index < -0.39 is 10.0 Å². The van der Waals surface area contributed by atoms with Crippen LogP contribution in [-0.4, -0.2) is 62.7 Å². The average Bonchev–Trinajstić information content (AvgIpc) is 3.51. The Hall–Kier alpha value is -5.18. The van der Waals surface area contributed by atoms with Crippen molar-refractivity contribution in [2.75, 3.05) is 18.4 Å². The van der Waals surface area contributed by atoms with E-state index in [4.69, 9.17) is 14.2 Å². The number of benzene rings is 1. The van der Waals surface area contributed by atoms with Gasteiger partial charge in [-0.2, -0.15) is 4.98 Å². The molecule has 5 aromatic rings. The third-order valence-corrected chi connectivity index (χ3v) is 6.46. The average molecular weight is 547 g/mol. The van der Waals surface area contributed by atoms with Crippen LogP contribution in [0.3, 0.4) is 0 Å². The zero-order chi connectivity index (χ0) is 27.2. The summed E-state index contributed by atoms with van der Waals surface area (Å²) in [5.74, 6) is 0.722. The number of rotatable bonds is 10. The lowest BCUT2D eigenvalue weighted by atomic mass is 10.2. The first-order valence-corrected chi connectivity index (χ1v) is 12.7. The van der Waals surface area contributed by atoms with Gasteiger partial charge in [-0.25, -0.2) is 18.5 Å². The minimum absolute atomic E-state index is 0.0428. The molecule has 0 bridgehead atoms. The maximum Gasteiger partial charge on any atom is 0.264 e. The number of ether oxygens (including phenoxy) is 3. The molecule has 0 spiro atoms. The monoisotopic (exact) mass is 546 g/mol. The molecule has 14 nitrogen and oxygen atoms in total. The highest BCUT2D eigenvalue weighted by molar-refractivity contribution is 7.92. The van der Waals surface area contributed by atoms with Gasteiger partial charge in [0.2, 0.25) is 5.75 Å². The molecule has 15 heteroatoms. The molecule has 0 aliphatic heterocycles. The van der Waals surface area contributed by atoms with Gasteiger partial charge in [-0.1, -0.05) is 12.1 Å². The third-order valence-electron chi connectivity index (χ3n) is 5.14. The number of para-hydroxylation sites is 2. The molecular formula is C24H20N9O5S. The summed E-state index contributed by atoms with van der Waals surface area (Å²) in [5, 5.41) is 13.6. The van der Waals surface area contributed by atoms with Crippen LogP contribution in [-0.2, 0) is 10.0 Å². The number of methoxy groups -OCH3 is 1. The first-order valence-electron chi connectivity index (χ1n) is 11.3. The van der Waals surface area contributed by atoms with Gasteiger partial charge in [0.05, 0.1) is 13.7 Å². The Bertz CT molecular complexity index is 1680. The van der Waals surface area contributed by atoms with Crippen LogP contribution < -0.4 is 18.9 Å². The summed E-state index contributed by atoms with van der Waals surface area (Å²) in [6, 6.07) is 13.0. The summed E-state index contributed by atoms with van der Waals surface area (Å²) in [6.45, 7) is 3.68. The molecular weight excluding hydrogens is 526 g/mol. The quantitative estimate of drug-likeness (QED) is 0.262. The van der Waals surface area contributed by atoms with E-state index in [1.165, 1.54) is 37.8 Å². The lowest BCUT2D eigenvalue weighted by Gasteiger charge is -2.18. The zero-order valence-corrected chi connectivity index (χ0v) is 21.2. The summed E-state index contributed by atoms with van der Waals surface area (Å²) in [4.78, 5) is 17.0. The number of aromatic amines is 1. The molecule has 0 aliphatic rings. The van der Waals surface area contributed by atoms with Crippen LogP contribution in [0.4, 0.5) is 5.82 Å². The standard InChI is InChI=1S/C24H20N9O5S/c1-3-37-24-20(38-19-9-5-4-8-18(19)36-2)23(31-39(34,35)16-7-6-11-25-14-16)27-21(28-24)15-10-12-26-17(13-15)22-29-32-33-30-22/h4-14H,1,3H2,2H3,(H,27,28,31)(H,29,30,32,33). The Labute approximate surface area is 222 Å². The molecule has 0 atom stereocenters. The molecule has 2 N–H and O–H groups in total. The first-order chi connectivity index (χ1) is 19.0. The SMILES string of the molecule is [CH2]COc1nc(-c2ccnc(-c3nnn[nH]3)c2)nc(NS(=O)(=O)c2cccnc2)c1Oc1ccccc1OC. The Morgan fingerprint density at radius 2 is 1.90 bits per heavy atom. The van der Waals surface area contributed by atoms with Crippen LogP contribution in [0.25, 0.3) is 22.9 Å². The van der Waals surface area contributed by atoms with Gasteiger partial charge in [-0.3, -0.25) is 14.7 Å². The van der Waals surface area contributed by atoms with Crippen LogP contribution in [0.1, 0.15) is 0 Å². The Kier molecular flexibility index (Phi) is 7.22. The number of hydrogen-bond donors (Lipinski definition) is 2. The van der Waals surface area contributed by atoms with Crippen molar-refractivity contribution in [1.29, 1.82) is 0 Å². The van der Waals surface area contributed by atoms with E-state index in [1.807, 2.05) is 0 Å². The molecule has 5 rings (SSSR count). The van der Waals surface area contributed by atoms with E-state index in [-0.39, 0.29) is 40.5 Å². The lowest BCUT2D eigenvalue weighted by molar-refractivity contribution is 0.319. The number of hydrogen-bond acceptors (Lipinski definition) is 12. The predicted molar refractivity (Wildman–Crippen MR) is 137 cm³/mol. The number of aromatic nitrogens is 8. The van der Waals surface area contributed by atoms with Gasteiger partial charge >= 0.3 is 0 Å². The van der Waals surface area contributed by atoms with Crippen molar-refractivity contribution in [2.45, 2.75) is 4.90 Å². The van der Waals surface area contributed by atoms with E-state index in [1.54, 1.807) is 36.4 Å². The molecule has 4 heterocycles. The van der Waals surface area contributed by atoms with Crippen LogP contribution in [0, 0.1) is 6.92 Å². The van der Waals surface area contributed by atoms with Crippen LogP contribution in [0.5, 0.6) is 23.1 Å². The van der Waals surface area contributed by atoms with E-state index in [2.05, 4.69) is 52.2 Å². The molecule has 1 radical (unpaired) electrons. The summed E-state index contributed by atoms with van der Waals surface area (Å²) >= 11 is 0. The van der Waals surface area contributed by atoms with Gasteiger partial charge in [-0.05, 0) is 53.7 Å². The maximum absolute atomic E-state index is 13.3. The van der Waals surface area contributed by atoms with Crippen molar-refractivity contribution >= 4 is 15.8 Å². The van der Waals surface area contributed by atoms with Crippen molar-refractivity contribution < 1.29 is 22.6 Å². The van der Waals surface area contributed by atoms with Crippen molar-refractivity contribution in [3.63, 3.8) is 0 Å². The van der Waals surface area contributed by atoms with Crippen LogP contribution in [0.15, 0.2) is 72.0 Å². The second-order valence-corrected chi connectivity index (χ2v) is 9.29. The summed E-state index contributed by atoms with van der Waals surface area (Å²) in [5.41, 5.74) is 0.878. The maximum atomic E-state index is 13.3. The highest BCUT2D eigenvalue weighted by Gasteiger charge is 2.25. The van der Waals surface area contributed by atoms with E-state index >= 15 is 0 Å². The Morgan fingerprint density at radius 3 is 2.62 bits per heavy atom. The molecule has 0 aliphatic carbocycles. The molecule has 0 saturated carbocycles. The number of H-pyrrole nitrogens is 1. The number of sulfonamides is 1. The minimum atomic E-state index is -4.15. The normalized spacial score (nSPS) is 11.1. The predicted octanol–water partition coefficient (Wildman–Crippen LogP) is 2.93. The highest BCUT2D eigenvalue weighted by atomic mass is 32.2. The summed E-state index contributed by atoms with van der Waals surface area (Å²) in [6.07, 6.45) is 4.18. The van der Waals surface area contributed by atoms with Crippen molar-refractivity contribution in [2.24, 2.45) is 0 Å². The van der Waals surface area contributed by atoms with Crippen molar-refractivity contribution in [1.82, 2.24) is 40.6 Å². The highest BCUT2D eigenvalue weighted by Crippen LogP contribution is 2.41. The fourth-order valence-corrected chi connectivity index (χ4v) is 4.35. The molecule has 0 unspecified atom stereocenters. The molecule has 197 valence electrons. The molecule has 4 aromatic heterocycles. The van der Waals surface area contributed by atoms with E-state index in [0.717, 1.165) is 0 Å². The number of nitrogens with one attached hydrogen (secondary N) is 2. The van der Waals surface area contributed by atoms with Gasteiger partial charge in [0.15, 0.2) is 29.0 Å². The smallest absolute Gasteiger partial charge is 0.264 e. The van der Waals surface area contributed by atoms with Crippen molar-refractivity contribution in [3.8, 4) is 46.0 Å². The molecule has 39 heavy (non-hydrogen) atoms. The zero-order valence-electron chi connectivity index (χ0n) is 20.3. The lowest BCUT2D eigenvalue weighted by Crippen LogP contribution is -2.16. The summed E-state index contributed by atoms with van der Waals surface area (Å²) < 4.78 is 46.2. The number of nitrogens with zero attached hydrogens (tertiary/aromatic N) is 7. The second-order valence-electron chi connectivity index (χ2n) is 7.61. The third kappa shape index (κ3) is 5.57. The number of tetrazole rings is 1. The molecule has 0 saturated heterocycles. The topological polar surface area (TPSA) is 180 Å². The van der Waals surface area contributed by atoms with E-state index in [0.29, 0.717) is 22.8 Å². The Balaban J connectivity index is 1.67. The fraction of sp³-hybridized carbons (Fsp3) is 0.0833. The van der Waals surface area contributed by atoms with Gasteiger partial charge in [0.25, 0.3) is 15.9 Å². The van der Waals surface area contributed by atoms with Gasteiger partial charge in [-0.15, -0.1) is 5.10 Å². The van der Waals surface area contributed by atoms with Crippen LogP contribution >= 0.6 is 0 Å². The van der Waals surface area contributed by atoms with Crippen LogP contribution in [0.2, 0.25) is 0 Å². The van der Waals surface area contributed by atoms with Gasteiger partial charge in [0.1, 0.15) is 10.6 Å². The fourth-order valence-electron chi connectivity index (χ4n) is 3.39. The van der Waals surface area contributed by atoms with Crippen molar-refractivity contribution in [3.05, 3.63) is 74.0 Å². The Morgan fingerprint density at radius 1 is 1.05 bits per heavy atom. The first kappa shape index (κ1) is 25.5. The molecule has 0 fully saturated rings. The molecule has 1 aromatic carbocycles. The van der Waals surface area contributed by atoms with Gasteiger partial charge < -0.3 is 14.2 Å². The second kappa shape index (κ2) is 11.1. The summed E-state index contributed by atoms with van der Waals surface area (Å²) in [7, 11) is -2.67. The largest absolute Gasteiger partial charge is 0.493 e. The minimum Gasteiger partial charge on any atom is -0.493 e. The number of anilines is 1. The molecule has 0 amide bonds. The van der Waals surface area contributed by atoms with Gasteiger partial charge in [0, 0.05) is 24.2 Å². The van der Waals surface area contributed by atoms with E-state index in [9.17, 15) is 8.42 Å². The number of pyridine rings is 2.